The quantitative estimate of drug-likeness (QED) is 0.643. The van der Waals surface area contributed by atoms with Gasteiger partial charge < -0.3 is 0 Å². The van der Waals surface area contributed by atoms with Crippen molar-refractivity contribution in [3.63, 3.8) is 0 Å². The van der Waals surface area contributed by atoms with Crippen molar-refractivity contribution >= 4 is 23.3 Å². The fraction of sp³-hybridized carbons (Fsp3) is 0.0667. The molecule has 0 unspecified atom stereocenters. The Morgan fingerprint density at radius 1 is 0.947 bits per heavy atom. The fourth-order valence-corrected chi connectivity index (χ4v) is 1.91. The molecule has 0 bridgehead atoms. The number of halogens is 4. The molecule has 4 heteroatoms. The molecule has 0 saturated carbocycles. The SMILES string of the molecule is FC(F)(F)/C(=C/c1cccc(Cl)c1)c1ccccc1. The molecule has 0 nitrogen and oxygen atoms in total. The van der Waals surface area contributed by atoms with Crippen molar-refractivity contribution in [3.05, 3.63) is 70.7 Å². The lowest BCUT2D eigenvalue weighted by Crippen LogP contribution is -2.10. The largest absolute Gasteiger partial charge is 0.417 e. The lowest BCUT2D eigenvalue weighted by Gasteiger charge is -2.12. The van der Waals surface area contributed by atoms with Crippen LogP contribution in [0.25, 0.3) is 11.6 Å². The van der Waals surface area contributed by atoms with E-state index in [0.29, 0.717) is 10.6 Å². The van der Waals surface area contributed by atoms with Gasteiger partial charge in [-0.25, -0.2) is 0 Å². The molecular weight excluding hydrogens is 273 g/mol. The molecule has 0 aliphatic carbocycles. The summed E-state index contributed by atoms with van der Waals surface area (Å²) in [7, 11) is 0. The molecule has 98 valence electrons. The first-order chi connectivity index (χ1) is 8.97. The van der Waals surface area contributed by atoms with Crippen LogP contribution in [0, 0.1) is 0 Å². The molecule has 0 spiro atoms. The molecule has 19 heavy (non-hydrogen) atoms. The Kier molecular flexibility index (Phi) is 3.96. The summed E-state index contributed by atoms with van der Waals surface area (Å²) in [5.74, 6) is 0. The normalized spacial score (nSPS) is 12.5. The Balaban J connectivity index is 2.51. The summed E-state index contributed by atoms with van der Waals surface area (Å²) in [5.41, 5.74) is -0.131. The first-order valence-corrected chi connectivity index (χ1v) is 5.94. The minimum atomic E-state index is -4.41. The minimum absolute atomic E-state index is 0.134. The van der Waals surface area contributed by atoms with E-state index in [1.54, 1.807) is 36.4 Å². The van der Waals surface area contributed by atoms with Crippen LogP contribution in [0.4, 0.5) is 13.2 Å². The zero-order valence-corrected chi connectivity index (χ0v) is 10.5. The standard InChI is InChI=1S/C15H10ClF3/c16-13-8-4-5-11(9-13)10-14(15(17,18)19)12-6-2-1-3-7-12/h1-10H/b14-10+. The summed E-state index contributed by atoms with van der Waals surface area (Å²) in [4.78, 5) is 0. The molecule has 0 aromatic heterocycles. The maximum atomic E-state index is 13.1. The summed E-state index contributed by atoms with van der Waals surface area (Å²) < 4.78 is 39.3. The van der Waals surface area contributed by atoms with Crippen molar-refractivity contribution in [2.24, 2.45) is 0 Å². The Bertz CT molecular complexity index is 586. The van der Waals surface area contributed by atoms with Gasteiger partial charge in [0.15, 0.2) is 0 Å². The lowest BCUT2D eigenvalue weighted by molar-refractivity contribution is -0.0683. The predicted octanol–water partition coefficient (Wildman–Crippen LogP) is 5.44. The molecule has 2 aromatic carbocycles. The van der Waals surface area contributed by atoms with Gasteiger partial charge in [-0.15, -0.1) is 0 Å². The van der Waals surface area contributed by atoms with E-state index in [-0.39, 0.29) is 5.56 Å². The average molecular weight is 283 g/mol. The number of hydrogen-bond acceptors (Lipinski definition) is 0. The molecule has 0 amide bonds. The second-order valence-electron chi connectivity index (χ2n) is 3.98. The van der Waals surface area contributed by atoms with E-state index in [0.717, 1.165) is 6.08 Å². The van der Waals surface area contributed by atoms with Crippen LogP contribution >= 0.6 is 11.6 Å². The molecule has 0 saturated heterocycles. The Morgan fingerprint density at radius 2 is 1.63 bits per heavy atom. The van der Waals surface area contributed by atoms with Gasteiger partial charge >= 0.3 is 6.18 Å². The highest BCUT2D eigenvalue weighted by molar-refractivity contribution is 6.30. The number of rotatable bonds is 2. The van der Waals surface area contributed by atoms with E-state index >= 15 is 0 Å². The zero-order chi connectivity index (χ0) is 13.9. The van der Waals surface area contributed by atoms with Crippen LogP contribution < -0.4 is 0 Å². The zero-order valence-electron chi connectivity index (χ0n) is 9.79. The van der Waals surface area contributed by atoms with Gasteiger partial charge in [0.1, 0.15) is 0 Å². The Hall–Kier alpha value is -1.74. The Morgan fingerprint density at radius 3 is 2.21 bits per heavy atom. The van der Waals surface area contributed by atoms with Gasteiger partial charge in [-0.2, -0.15) is 13.2 Å². The molecule has 0 fully saturated rings. The molecule has 0 N–H and O–H groups in total. The van der Waals surface area contributed by atoms with Crippen molar-refractivity contribution in [1.29, 1.82) is 0 Å². The summed E-state index contributed by atoms with van der Waals surface area (Å²) in [6.07, 6.45) is -3.31. The fourth-order valence-electron chi connectivity index (χ4n) is 1.71. The van der Waals surface area contributed by atoms with Crippen LogP contribution in [0.5, 0.6) is 0 Å². The van der Waals surface area contributed by atoms with E-state index in [1.807, 2.05) is 0 Å². The molecule has 0 aliphatic rings. The van der Waals surface area contributed by atoms with Gasteiger partial charge in [0, 0.05) is 5.02 Å². The van der Waals surface area contributed by atoms with Crippen LogP contribution in [-0.2, 0) is 0 Å². The van der Waals surface area contributed by atoms with Gasteiger partial charge in [0.25, 0.3) is 0 Å². The number of hydrogen-bond donors (Lipinski definition) is 0. The highest BCUT2D eigenvalue weighted by Crippen LogP contribution is 2.35. The first kappa shape index (κ1) is 13.7. The van der Waals surface area contributed by atoms with Crippen LogP contribution in [0.2, 0.25) is 5.02 Å². The lowest BCUT2D eigenvalue weighted by atomic mass is 10.0. The molecule has 2 aromatic rings. The monoisotopic (exact) mass is 282 g/mol. The third-order valence-electron chi connectivity index (χ3n) is 2.55. The van der Waals surface area contributed by atoms with Gasteiger partial charge in [-0.3, -0.25) is 0 Å². The minimum Gasteiger partial charge on any atom is -0.166 e. The number of allylic oxidation sites excluding steroid dienone is 1. The van der Waals surface area contributed by atoms with E-state index in [2.05, 4.69) is 0 Å². The third-order valence-corrected chi connectivity index (χ3v) is 2.78. The average Bonchev–Trinajstić information content (AvgIpc) is 2.36. The van der Waals surface area contributed by atoms with E-state index < -0.39 is 11.7 Å². The maximum absolute atomic E-state index is 13.1. The van der Waals surface area contributed by atoms with Crippen LogP contribution in [-0.4, -0.2) is 6.18 Å². The summed E-state index contributed by atoms with van der Waals surface area (Å²) in [5, 5.41) is 0.406. The number of benzene rings is 2. The van der Waals surface area contributed by atoms with Gasteiger partial charge in [0.2, 0.25) is 0 Å². The van der Waals surface area contributed by atoms with Crippen molar-refractivity contribution in [3.8, 4) is 0 Å². The summed E-state index contributed by atoms with van der Waals surface area (Å²) in [6.45, 7) is 0. The first-order valence-electron chi connectivity index (χ1n) is 5.57. The molecule has 0 radical (unpaired) electrons. The molecule has 2 rings (SSSR count). The van der Waals surface area contributed by atoms with Crippen LogP contribution in [0.3, 0.4) is 0 Å². The van der Waals surface area contributed by atoms with Crippen LogP contribution in [0.15, 0.2) is 54.6 Å². The maximum Gasteiger partial charge on any atom is 0.417 e. The Labute approximate surface area is 114 Å². The second kappa shape index (κ2) is 5.49. The summed E-state index contributed by atoms with van der Waals surface area (Å²) >= 11 is 5.78. The van der Waals surface area contributed by atoms with Crippen molar-refractivity contribution in [2.75, 3.05) is 0 Å². The van der Waals surface area contributed by atoms with Gasteiger partial charge in [0.05, 0.1) is 5.57 Å². The van der Waals surface area contributed by atoms with Gasteiger partial charge in [-0.1, -0.05) is 54.1 Å². The van der Waals surface area contributed by atoms with E-state index in [4.69, 9.17) is 11.6 Å². The van der Waals surface area contributed by atoms with Crippen molar-refractivity contribution in [2.45, 2.75) is 6.18 Å². The molecule has 0 aliphatic heterocycles. The highest BCUT2D eigenvalue weighted by atomic mass is 35.5. The number of alkyl halides is 3. The van der Waals surface area contributed by atoms with Gasteiger partial charge in [-0.05, 0) is 29.3 Å². The molecule has 0 heterocycles. The highest BCUT2D eigenvalue weighted by Gasteiger charge is 2.34. The summed E-state index contributed by atoms with van der Waals surface area (Å²) in [6, 6.07) is 14.0. The third kappa shape index (κ3) is 3.61. The van der Waals surface area contributed by atoms with E-state index in [1.165, 1.54) is 18.2 Å². The smallest absolute Gasteiger partial charge is 0.166 e. The molecular formula is C15H10ClF3. The van der Waals surface area contributed by atoms with E-state index in [9.17, 15) is 13.2 Å². The molecule has 0 atom stereocenters. The van der Waals surface area contributed by atoms with Crippen molar-refractivity contribution in [1.82, 2.24) is 0 Å². The van der Waals surface area contributed by atoms with Crippen molar-refractivity contribution < 1.29 is 13.2 Å². The topological polar surface area (TPSA) is 0 Å². The second-order valence-corrected chi connectivity index (χ2v) is 4.41. The predicted molar refractivity (Wildman–Crippen MR) is 71.8 cm³/mol. The van der Waals surface area contributed by atoms with Crippen LogP contribution in [0.1, 0.15) is 11.1 Å².